The monoisotopic (exact) mass is 271 g/mol. The van der Waals surface area contributed by atoms with Crippen LogP contribution in [0, 0.1) is 6.92 Å². The maximum Gasteiger partial charge on any atom is 0.179 e. The van der Waals surface area contributed by atoms with E-state index in [2.05, 4.69) is 15.2 Å². The van der Waals surface area contributed by atoms with Crippen molar-refractivity contribution in [2.24, 2.45) is 0 Å². The SMILES string of the molecule is Cc1[nH]c2ccccc2c1C(=O)CN1CCCNCC1. The summed E-state index contributed by atoms with van der Waals surface area (Å²) in [5.41, 5.74) is 2.88. The topological polar surface area (TPSA) is 48.1 Å². The number of para-hydroxylation sites is 1. The highest BCUT2D eigenvalue weighted by Gasteiger charge is 2.19. The molecule has 106 valence electrons. The second-order valence-electron chi connectivity index (χ2n) is 5.47. The van der Waals surface area contributed by atoms with E-state index in [9.17, 15) is 4.79 Å². The molecule has 2 aromatic rings. The van der Waals surface area contributed by atoms with Crippen molar-refractivity contribution in [2.45, 2.75) is 13.3 Å². The number of carbonyl (C=O) groups excluding carboxylic acids is 1. The molecular weight excluding hydrogens is 250 g/mol. The Labute approximate surface area is 119 Å². The van der Waals surface area contributed by atoms with Crippen LogP contribution < -0.4 is 5.32 Å². The number of ketones is 1. The second-order valence-corrected chi connectivity index (χ2v) is 5.47. The van der Waals surface area contributed by atoms with Gasteiger partial charge in [-0.1, -0.05) is 18.2 Å². The van der Waals surface area contributed by atoms with Gasteiger partial charge in [-0.3, -0.25) is 9.69 Å². The van der Waals surface area contributed by atoms with Crippen LogP contribution in [0.5, 0.6) is 0 Å². The summed E-state index contributed by atoms with van der Waals surface area (Å²) in [5.74, 6) is 0.224. The number of benzene rings is 1. The van der Waals surface area contributed by atoms with Gasteiger partial charge >= 0.3 is 0 Å². The maximum atomic E-state index is 12.6. The van der Waals surface area contributed by atoms with E-state index in [0.717, 1.165) is 54.8 Å². The smallest absolute Gasteiger partial charge is 0.179 e. The molecule has 0 atom stereocenters. The van der Waals surface area contributed by atoms with Gasteiger partial charge in [0, 0.05) is 35.2 Å². The van der Waals surface area contributed by atoms with Crippen molar-refractivity contribution in [2.75, 3.05) is 32.7 Å². The molecule has 1 fully saturated rings. The minimum Gasteiger partial charge on any atom is -0.358 e. The summed E-state index contributed by atoms with van der Waals surface area (Å²) >= 11 is 0. The largest absolute Gasteiger partial charge is 0.358 e. The first-order chi connectivity index (χ1) is 9.75. The molecular formula is C16H21N3O. The number of nitrogens with zero attached hydrogens (tertiary/aromatic N) is 1. The van der Waals surface area contributed by atoms with Crippen LogP contribution in [0.2, 0.25) is 0 Å². The van der Waals surface area contributed by atoms with Gasteiger partial charge in [0.25, 0.3) is 0 Å². The van der Waals surface area contributed by atoms with Gasteiger partial charge in [0.2, 0.25) is 0 Å². The Morgan fingerprint density at radius 2 is 2.10 bits per heavy atom. The molecule has 0 bridgehead atoms. The molecule has 3 rings (SSSR count). The zero-order chi connectivity index (χ0) is 13.9. The van der Waals surface area contributed by atoms with Crippen LogP contribution in [0.1, 0.15) is 22.5 Å². The third-order valence-corrected chi connectivity index (χ3v) is 3.97. The van der Waals surface area contributed by atoms with Crippen molar-refractivity contribution in [1.82, 2.24) is 15.2 Å². The molecule has 20 heavy (non-hydrogen) atoms. The number of hydrogen-bond acceptors (Lipinski definition) is 3. The average Bonchev–Trinajstić information content (AvgIpc) is 2.60. The first kappa shape index (κ1) is 13.3. The van der Waals surface area contributed by atoms with E-state index in [1.165, 1.54) is 0 Å². The van der Waals surface area contributed by atoms with Crippen molar-refractivity contribution >= 4 is 16.7 Å². The number of Topliss-reactive ketones (excluding diaryl/α,β-unsaturated/α-hetero) is 1. The fourth-order valence-electron chi connectivity index (χ4n) is 2.98. The predicted molar refractivity (Wildman–Crippen MR) is 81.3 cm³/mol. The molecule has 0 unspecified atom stereocenters. The molecule has 1 aliphatic rings. The van der Waals surface area contributed by atoms with Crippen molar-refractivity contribution in [3.63, 3.8) is 0 Å². The van der Waals surface area contributed by atoms with E-state index in [-0.39, 0.29) is 5.78 Å². The molecule has 0 radical (unpaired) electrons. The number of nitrogens with one attached hydrogen (secondary N) is 2. The van der Waals surface area contributed by atoms with Gasteiger partial charge in [-0.05, 0) is 32.5 Å². The first-order valence-corrected chi connectivity index (χ1v) is 7.29. The summed E-state index contributed by atoms with van der Waals surface area (Å²) in [7, 11) is 0. The minimum absolute atomic E-state index is 0.224. The highest BCUT2D eigenvalue weighted by Crippen LogP contribution is 2.22. The standard InChI is InChI=1S/C16H21N3O/c1-12-16(13-5-2-3-6-14(13)18-12)15(20)11-19-9-4-7-17-8-10-19/h2-3,5-6,17-18H,4,7-11H2,1H3. The number of aromatic amines is 1. The number of fused-ring (bicyclic) bond motifs is 1. The molecule has 2 heterocycles. The Balaban J connectivity index is 1.83. The molecule has 1 aromatic carbocycles. The summed E-state index contributed by atoms with van der Waals surface area (Å²) < 4.78 is 0. The van der Waals surface area contributed by atoms with Gasteiger partial charge in [0.05, 0.1) is 6.54 Å². The average molecular weight is 271 g/mol. The zero-order valence-corrected chi connectivity index (χ0v) is 11.9. The van der Waals surface area contributed by atoms with Crippen LogP contribution in [-0.2, 0) is 0 Å². The van der Waals surface area contributed by atoms with E-state index in [4.69, 9.17) is 0 Å². The number of aryl methyl sites for hydroxylation is 1. The van der Waals surface area contributed by atoms with Crippen molar-refractivity contribution in [1.29, 1.82) is 0 Å². The Morgan fingerprint density at radius 1 is 1.25 bits per heavy atom. The normalized spacial score (nSPS) is 17.2. The number of H-pyrrole nitrogens is 1. The Bertz CT molecular complexity index is 609. The van der Waals surface area contributed by atoms with Crippen LogP contribution >= 0.6 is 0 Å². The van der Waals surface area contributed by atoms with Crippen LogP contribution in [0.25, 0.3) is 10.9 Å². The van der Waals surface area contributed by atoms with Crippen LogP contribution in [0.15, 0.2) is 24.3 Å². The summed E-state index contributed by atoms with van der Waals surface area (Å²) in [6.07, 6.45) is 1.11. The highest BCUT2D eigenvalue weighted by atomic mass is 16.1. The van der Waals surface area contributed by atoms with E-state index >= 15 is 0 Å². The van der Waals surface area contributed by atoms with Crippen molar-refractivity contribution in [3.05, 3.63) is 35.5 Å². The van der Waals surface area contributed by atoms with Gasteiger partial charge in [-0.15, -0.1) is 0 Å². The van der Waals surface area contributed by atoms with Crippen molar-refractivity contribution in [3.8, 4) is 0 Å². The molecule has 4 heteroatoms. The maximum absolute atomic E-state index is 12.6. The fraction of sp³-hybridized carbons (Fsp3) is 0.438. The quantitative estimate of drug-likeness (QED) is 0.839. The number of carbonyl (C=O) groups is 1. The molecule has 0 amide bonds. The molecule has 1 aliphatic heterocycles. The highest BCUT2D eigenvalue weighted by molar-refractivity contribution is 6.10. The lowest BCUT2D eigenvalue weighted by Crippen LogP contribution is -2.33. The van der Waals surface area contributed by atoms with E-state index in [1.54, 1.807) is 0 Å². The van der Waals surface area contributed by atoms with E-state index in [0.29, 0.717) is 6.54 Å². The summed E-state index contributed by atoms with van der Waals surface area (Å²) in [5, 5.41) is 4.41. The van der Waals surface area contributed by atoms with Gasteiger partial charge in [-0.2, -0.15) is 0 Å². The third-order valence-electron chi connectivity index (χ3n) is 3.97. The Hall–Kier alpha value is -1.65. The van der Waals surface area contributed by atoms with Crippen LogP contribution in [0.4, 0.5) is 0 Å². The predicted octanol–water partition coefficient (Wildman–Crippen LogP) is 1.95. The molecule has 2 N–H and O–H groups in total. The fourth-order valence-corrected chi connectivity index (χ4v) is 2.98. The summed E-state index contributed by atoms with van der Waals surface area (Å²) in [6, 6.07) is 8.03. The van der Waals surface area contributed by atoms with Crippen LogP contribution in [-0.4, -0.2) is 48.4 Å². The third kappa shape index (κ3) is 2.62. The lowest BCUT2D eigenvalue weighted by atomic mass is 10.1. The Morgan fingerprint density at radius 3 is 3.00 bits per heavy atom. The number of aromatic nitrogens is 1. The number of rotatable bonds is 3. The summed E-state index contributed by atoms with van der Waals surface area (Å²) in [6.45, 7) is 6.48. The molecule has 0 aliphatic carbocycles. The van der Waals surface area contributed by atoms with Gasteiger partial charge in [-0.25, -0.2) is 0 Å². The first-order valence-electron chi connectivity index (χ1n) is 7.29. The van der Waals surface area contributed by atoms with Gasteiger partial charge in [0.1, 0.15) is 0 Å². The Kier molecular flexibility index (Phi) is 3.85. The zero-order valence-electron chi connectivity index (χ0n) is 11.9. The molecule has 0 saturated carbocycles. The van der Waals surface area contributed by atoms with Crippen molar-refractivity contribution < 1.29 is 4.79 Å². The van der Waals surface area contributed by atoms with Gasteiger partial charge < -0.3 is 10.3 Å². The molecule has 1 aromatic heterocycles. The summed E-state index contributed by atoms with van der Waals surface area (Å²) in [4.78, 5) is 18.2. The lowest BCUT2D eigenvalue weighted by Gasteiger charge is -2.18. The minimum atomic E-state index is 0.224. The van der Waals surface area contributed by atoms with E-state index < -0.39 is 0 Å². The number of hydrogen-bond donors (Lipinski definition) is 2. The molecule has 4 nitrogen and oxygen atoms in total. The van der Waals surface area contributed by atoms with E-state index in [1.807, 2.05) is 31.2 Å². The van der Waals surface area contributed by atoms with Crippen LogP contribution in [0.3, 0.4) is 0 Å². The van der Waals surface area contributed by atoms with Gasteiger partial charge in [0.15, 0.2) is 5.78 Å². The molecule has 0 spiro atoms. The lowest BCUT2D eigenvalue weighted by molar-refractivity contribution is 0.0936. The second kappa shape index (κ2) is 5.77. The molecule has 1 saturated heterocycles.